The number of aryl methyl sites for hydroxylation is 1. The van der Waals surface area contributed by atoms with Crippen LogP contribution in [0.5, 0.6) is 0 Å². The lowest BCUT2D eigenvalue weighted by Crippen LogP contribution is -2.36. The van der Waals surface area contributed by atoms with Crippen LogP contribution in [0.1, 0.15) is 12.5 Å². The molecule has 5 rings (SSSR count). The quantitative estimate of drug-likeness (QED) is 0.434. The van der Waals surface area contributed by atoms with E-state index < -0.39 is 5.95 Å². The molecule has 1 aliphatic heterocycles. The van der Waals surface area contributed by atoms with Crippen molar-refractivity contribution >= 4 is 39.1 Å². The Kier molecular flexibility index (Phi) is 3.04. The molecule has 5 heteroatoms. The average Bonchev–Trinajstić information content (AvgIpc) is 3.11. The van der Waals surface area contributed by atoms with Gasteiger partial charge < -0.3 is 14.2 Å². The molecule has 0 amide bonds. The van der Waals surface area contributed by atoms with Crippen LogP contribution in [0, 0.1) is 12.9 Å². The molecule has 2 aromatic carbocycles. The maximum absolute atomic E-state index is 13.6. The standard InChI is InChI=1S/C21H18FN3O/c1-12-8-9-14-15-10-11-18(22)23-21(15)26-20(14)19(12)25-13(2)24(3)16-6-4-5-7-17(16)25/h4-11,13H,1-3H3/t13-/m0/s1. The first-order valence-electron chi connectivity index (χ1n) is 8.65. The Hall–Kier alpha value is -3.08. The summed E-state index contributed by atoms with van der Waals surface area (Å²) in [4.78, 5) is 8.45. The Bertz CT molecular complexity index is 1170. The smallest absolute Gasteiger partial charge is 0.230 e. The molecule has 0 radical (unpaired) electrons. The Labute approximate surface area is 150 Å². The number of benzene rings is 2. The minimum atomic E-state index is -0.533. The van der Waals surface area contributed by atoms with Crippen LogP contribution in [0.4, 0.5) is 21.5 Å². The van der Waals surface area contributed by atoms with Gasteiger partial charge in [-0.05, 0) is 43.7 Å². The summed E-state index contributed by atoms with van der Waals surface area (Å²) in [5, 5.41) is 1.78. The van der Waals surface area contributed by atoms with Crippen LogP contribution in [0.3, 0.4) is 0 Å². The molecule has 1 aliphatic rings. The van der Waals surface area contributed by atoms with E-state index in [1.807, 2.05) is 18.2 Å². The number of anilines is 3. The number of furan rings is 1. The van der Waals surface area contributed by atoms with Gasteiger partial charge in [-0.25, -0.2) is 0 Å². The molecule has 0 fully saturated rings. The second-order valence-electron chi connectivity index (χ2n) is 6.80. The number of hydrogen-bond donors (Lipinski definition) is 0. The van der Waals surface area contributed by atoms with E-state index in [0.717, 1.165) is 33.3 Å². The second-order valence-corrected chi connectivity index (χ2v) is 6.80. The largest absolute Gasteiger partial charge is 0.435 e. The molecule has 4 aromatic rings. The molecule has 3 heterocycles. The Morgan fingerprint density at radius 1 is 1.00 bits per heavy atom. The fourth-order valence-corrected chi connectivity index (χ4v) is 3.93. The van der Waals surface area contributed by atoms with Crippen LogP contribution in [0.15, 0.2) is 52.9 Å². The van der Waals surface area contributed by atoms with Crippen LogP contribution < -0.4 is 9.80 Å². The van der Waals surface area contributed by atoms with Crippen LogP contribution in [-0.4, -0.2) is 18.2 Å². The van der Waals surface area contributed by atoms with E-state index in [1.54, 1.807) is 6.07 Å². The molecule has 26 heavy (non-hydrogen) atoms. The molecule has 2 aromatic heterocycles. The maximum Gasteiger partial charge on any atom is 0.230 e. The van der Waals surface area contributed by atoms with E-state index in [4.69, 9.17) is 4.42 Å². The molecule has 0 saturated carbocycles. The normalized spacial score (nSPS) is 16.7. The van der Waals surface area contributed by atoms with Crippen LogP contribution in [-0.2, 0) is 0 Å². The van der Waals surface area contributed by atoms with E-state index in [9.17, 15) is 4.39 Å². The third-order valence-corrected chi connectivity index (χ3v) is 5.34. The number of rotatable bonds is 1. The fourth-order valence-electron chi connectivity index (χ4n) is 3.93. The van der Waals surface area contributed by atoms with E-state index in [2.05, 4.69) is 53.9 Å². The van der Waals surface area contributed by atoms with Gasteiger partial charge in [0.25, 0.3) is 0 Å². The highest BCUT2D eigenvalue weighted by molar-refractivity contribution is 6.09. The number of para-hydroxylation sites is 2. The van der Waals surface area contributed by atoms with Crippen molar-refractivity contribution in [2.24, 2.45) is 0 Å². The number of fused-ring (bicyclic) bond motifs is 4. The van der Waals surface area contributed by atoms with Crippen molar-refractivity contribution < 1.29 is 8.81 Å². The fraction of sp³-hybridized carbons (Fsp3) is 0.190. The topological polar surface area (TPSA) is 32.5 Å². The van der Waals surface area contributed by atoms with Gasteiger partial charge in [-0.1, -0.05) is 24.3 Å². The molecule has 1 atom stereocenters. The number of halogens is 1. The van der Waals surface area contributed by atoms with Crippen molar-refractivity contribution in [3.8, 4) is 0 Å². The number of hydrogen-bond acceptors (Lipinski definition) is 4. The van der Waals surface area contributed by atoms with Crippen molar-refractivity contribution in [1.29, 1.82) is 0 Å². The highest BCUT2D eigenvalue weighted by Crippen LogP contribution is 2.47. The van der Waals surface area contributed by atoms with Gasteiger partial charge in [-0.2, -0.15) is 9.37 Å². The van der Waals surface area contributed by atoms with Crippen molar-refractivity contribution in [1.82, 2.24) is 4.98 Å². The first-order chi connectivity index (χ1) is 12.6. The Morgan fingerprint density at radius 3 is 2.54 bits per heavy atom. The summed E-state index contributed by atoms with van der Waals surface area (Å²) < 4.78 is 19.6. The summed E-state index contributed by atoms with van der Waals surface area (Å²) in [7, 11) is 2.09. The number of pyridine rings is 1. The molecule has 0 N–H and O–H groups in total. The summed E-state index contributed by atoms with van der Waals surface area (Å²) in [6, 6.07) is 15.6. The minimum absolute atomic E-state index is 0.134. The zero-order valence-electron chi connectivity index (χ0n) is 14.8. The van der Waals surface area contributed by atoms with Gasteiger partial charge in [0.05, 0.1) is 17.1 Å². The van der Waals surface area contributed by atoms with Gasteiger partial charge >= 0.3 is 0 Å². The molecular formula is C21H18FN3O. The lowest BCUT2D eigenvalue weighted by atomic mass is 10.1. The van der Waals surface area contributed by atoms with Crippen LogP contribution >= 0.6 is 0 Å². The van der Waals surface area contributed by atoms with Gasteiger partial charge in [0.15, 0.2) is 5.58 Å². The lowest BCUT2D eigenvalue weighted by molar-refractivity contribution is 0.569. The first-order valence-corrected chi connectivity index (χ1v) is 8.65. The van der Waals surface area contributed by atoms with E-state index >= 15 is 0 Å². The van der Waals surface area contributed by atoms with Gasteiger partial charge in [0, 0.05) is 17.8 Å². The molecule has 0 saturated heterocycles. The zero-order valence-corrected chi connectivity index (χ0v) is 14.8. The predicted octanol–water partition coefficient (Wildman–Crippen LogP) is 5.36. The molecule has 0 aliphatic carbocycles. The zero-order chi connectivity index (χ0) is 18.0. The highest BCUT2D eigenvalue weighted by Gasteiger charge is 2.34. The van der Waals surface area contributed by atoms with Gasteiger partial charge in [0.1, 0.15) is 6.17 Å². The summed E-state index contributed by atoms with van der Waals surface area (Å²) in [6.07, 6.45) is 0.134. The van der Waals surface area contributed by atoms with E-state index in [-0.39, 0.29) is 6.17 Å². The predicted molar refractivity (Wildman–Crippen MR) is 103 cm³/mol. The summed E-state index contributed by atoms with van der Waals surface area (Å²) in [5.74, 6) is -0.533. The number of aromatic nitrogens is 1. The van der Waals surface area contributed by atoms with Crippen LogP contribution in [0.25, 0.3) is 22.1 Å². The van der Waals surface area contributed by atoms with Crippen molar-refractivity contribution in [2.45, 2.75) is 20.0 Å². The van der Waals surface area contributed by atoms with Gasteiger partial charge in [-0.3, -0.25) is 0 Å². The monoisotopic (exact) mass is 347 g/mol. The molecule has 130 valence electrons. The van der Waals surface area contributed by atoms with Gasteiger partial charge in [-0.15, -0.1) is 0 Å². The maximum atomic E-state index is 13.6. The first kappa shape index (κ1) is 15.2. The molecular weight excluding hydrogens is 329 g/mol. The SMILES string of the molecule is Cc1ccc2c(oc3nc(F)ccc32)c1N1c2ccccc2N(C)[C@@H]1C. The second kappa shape index (κ2) is 5.21. The summed E-state index contributed by atoms with van der Waals surface area (Å²) >= 11 is 0. The molecule has 0 unspecified atom stereocenters. The van der Waals surface area contributed by atoms with E-state index in [0.29, 0.717) is 5.71 Å². The average molecular weight is 347 g/mol. The van der Waals surface area contributed by atoms with Gasteiger partial charge in [0.2, 0.25) is 11.7 Å². The van der Waals surface area contributed by atoms with Crippen molar-refractivity contribution in [2.75, 3.05) is 16.8 Å². The van der Waals surface area contributed by atoms with Crippen molar-refractivity contribution in [3.63, 3.8) is 0 Å². The Balaban J connectivity index is 1.84. The third-order valence-electron chi connectivity index (χ3n) is 5.34. The minimum Gasteiger partial charge on any atom is -0.435 e. The number of nitrogens with zero attached hydrogens (tertiary/aromatic N) is 3. The Morgan fingerprint density at radius 2 is 1.73 bits per heavy atom. The summed E-state index contributed by atoms with van der Waals surface area (Å²) in [5.41, 5.74) is 5.50. The lowest BCUT2D eigenvalue weighted by Gasteiger charge is -2.29. The molecule has 0 spiro atoms. The molecule has 4 nitrogen and oxygen atoms in total. The highest BCUT2D eigenvalue weighted by atomic mass is 19.1. The van der Waals surface area contributed by atoms with E-state index in [1.165, 1.54) is 11.8 Å². The molecule has 0 bridgehead atoms. The van der Waals surface area contributed by atoms with Crippen molar-refractivity contribution in [3.05, 3.63) is 60.0 Å². The third kappa shape index (κ3) is 1.91. The van der Waals surface area contributed by atoms with Crippen LogP contribution in [0.2, 0.25) is 0 Å². The summed E-state index contributed by atoms with van der Waals surface area (Å²) in [6.45, 7) is 4.24.